The molecule has 0 saturated heterocycles. The van der Waals surface area contributed by atoms with Gasteiger partial charge in [0.05, 0.1) is 11.5 Å². The molecule has 0 bridgehead atoms. The first-order valence-corrected chi connectivity index (χ1v) is 8.61. The van der Waals surface area contributed by atoms with E-state index in [2.05, 4.69) is 15.5 Å². The van der Waals surface area contributed by atoms with Crippen molar-refractivity contribution in [2.75, 3.05) is 5.32 Å². The molecule has 0 saturated carbocycles. The van der Waals surface area contributed by atoms with E-state index in [1.165, 1.54) is 40.8 Å². The van der Waals surface area contributed by atoms with Gasteiger partial charge in [0.25, 0.3) is 0 Å². The van der Waals surface area contributed by atoms with Crippen LogP contribution >= 0.6 is 11.6 Å². The number of anilines is 1. The molecule has 1 amide bonds. The lowest BCUT2D eigenvalue weighted by atomic mass is 10.2. The molecule has 0 spiro atoms. The first-order chi connectivity index (χ1) is 13.2. The van der Waals surface area contributed by atoms with E-state index in [9.17, 15) is 19.3 Å². The quantitative estimate of drug-likeness (QED) is 0.499. The zero-order valence-electron chi connectivity index (χ0n) is 15.0. The van der Waals surface area contributed by atoms with Gasteiger partial charge in [0.1, 0.15) is 28.8 Å². The predicted octanol–water partition coefficient (Wildman–Crippen LogP) is 3.34. The molecule has 11 heteroatoms. The summed E-state index contributed by atoms with van der Waals surface area (Å²) < 4.78 is 16.0. The van der Waals surface area contributed by atoms with Crippen molar-refractivity contribution < 1.29 is 14.1 Å². The van der Waals surface area contributed by atoms with E-state index >= 15 is 0 Å². The number of hydrogen-bond donors (Lipinski definition) is 1. The van der Waals surface area contributed by atoms with Crippen molar-refractivity contribution in [2.45, 2.75) is 26.4 Å². The molecule has 1 unspecified atom stereocenters. The van der Waals surface area contributed by atoms with Gasteiger partial charge in [0.2, 0.25) is 5.91 Å². The van der Waals surface area contributed by atoms with Crippen LogP contribution in [0.25, 0.3) is 0 Å². The number of halogens is 2. The van der Waals surface area contributed by atoms with Crippen LogP contribution in [0.5, 0.6) is 0 Å². The number of nitrogens with zero attached hydrogens (tertiary/aromatic N) is 5. The van der Waals surface area contributed by atoms with E-state index in [4.69, 9.17) is 11.6 Å². The van der Waals surface area contributed by atoms with E-state index in [-0.39, 0.29) is 34.6 Å². The SMILES string of the molecule is Cc1nn(C(C)C(=O)Nc2nn(Cc3cccc(F)c3)cc2Cl)cc1[N+](=O)[O-]. The lowest BCUT2D eigenvalue weighted by molar-refractivity contribution is -0.385. The van der Waals surface area contributed by atoms with Gasteiger partial charge in [-0.25, -0.2) is 4.39 Å². The highest BCUT2D eigenvalue weighted by Gasteiger charge is 2.23. The number of benzene rings is 1. The Balaban J connectivity index is 1.72. The summed E-state index contributed by atoms with van der Waals surface area (Å²) in [7, 11) is 0. The molecule has 9 nitrogen and oxygen atoms in total. The molecule has 1 atom stereocenters. The molecule has 0 fully saturated rings. The smallest absolute Gasteiger partial charge is 0.306 e. The Kier molecular flexibility index (Phi) is 5.41. The van der Waals surface area contributed by atoms with Gasteiger partial charge in [-0.1, -0.05) is 23.7 Å². The second kappa shape index (κ2) is 7.77. The second-order valence-corrected chi connectivity index (χ2v) is 6.56. The zero-order valence-corrected chi connectivity index (χ0v) is 15.7. The first-order valence-electron chi connectivity index (χ1n) is 8.23. The summed E-state index contributed by atoms with van der Waals surface area (Å²) in [4.78, 5) is 22.8. The van der Waals surface area contributed by atoms with Crippen LogP contribution in [-0.4, -0.2) is 30.4 Å². The number of aryl methyl sites for hydroxylation is 1. The highest BCUT2D eigenvalue weighted by molar-refractivity contribution is 6.33. The van der Waals surface area contributed by atoms with Gasteiger partial charge in [0, 0.05) is 6.20 Å². The number of carbonyl (C=O) groups excluding carboxylic acids is 1. The molecular weight excluding hydrogens is 391 g/mol. The lowest BCUT2D eigenvalue weighted by Crippen LogP contribution is -2.24. The fourth-order valence-corrected chi connectivity index (χ4v) is 2.77. The molecule has 3 rings (SSSR count). The lowest BCUT2D eigenvalue weighted by Gasteiger charge is -2.11. The zero-order chi connectivity index (χ0) is 20.4. The minimum absolute atomic E-state index is 0.133. The molecule has 1 N–H and O–H groups in total. The van der Waals surface area contributed by atoms with Crippen LogP contribution < -0.4 is 5.32 Å². The third-order valence-electron chi connectivity index (χ3n) is 4.06. The Morgan fingerprint density at radius 2 is 2.14 bits per heavy atom. The number of amides is 1. The fourth-order valence-electron chi connectivity index (χ4n) is 2.58. The third-order valence-corrected chi connectivity index (χ3v) is 4.33. The van der Waals surface area contributed by atoms with Crippen molar-refractivity contribution in [2.24, 2.45) is 0 Å². The summed E-state index contributed by atoms with van der Waals surface area (Å²) in [5.41, 5.74) is 0.726. The Bertz CT molecular complexity index is 1050. The van der Waals surface area contributed by atoms with E-state index in [0.29, 0.717) is 5.56 Å². The predicted molar refractivity (Wildman–Crippen MR) is 99.7 cm³/mol. The largest absolute Gasteiger partial charge is 0.309 e. The molecule has 0 aliphatic carbocycles. The van der Waals surface area contributed by atoms with Crippen molar-refractivity contribution in [3.63, 3.8) is 0 Å². The van der Waals surface area contributed by atoms with Crippen molar-refractivity contribution in [1.29, 1.82) is 0 Å². The number of nitro groups is 1. The molecule has 0 radical (unpaired) electrons. The summed E-state index contributed by atoms with van der Waals surface area (Å²) in [6.45, 7) is 3.31. The van der Waals surface area contributed by atoms with Gasteiger partial charge in [0.15, 0.2) is 5.82 Å². The topological polar surface area (TPSA) is 108 Å². The van der Waals surface area contributed by atoms with Crippen molar-refractivity contribution in [1.82, 2.24) is 19.6 Å². The highest BCUT2D eigenvalue weighted by Crippen LogP contribution is 2.23. The number of carbonyl (C=O) groups is 1. The summed E-state index contributed by atoms with van der Waals surface area (Å²) in [5.74, 6) is -0.717. The molecule has 2 aromatic heterocycles. The van der Waals surface area contributed by atoms with E-state index in [0.717, 1.165) is 0 Å². The van der Waals surface area contributed by atoms with Crippen molar-refractivity contribution in [3.05, 3.63) is 68.9 Å². The van der Waals surface area contributed by atoms with Crippen LogP contribution in [0.1, 0.15) is 24.2 Å². The molecule has 0 aliphatic heterocycles. The van der Waals surface area contributed by atoms with Gasteiger partial charge in [-0.2, -0.15) is 10.2 Å². The van der Waals surface area contributed by atoms with Crippen molar-refractivity contribution in [3.8, 4) is 0 Å². The monoisotopic (exact) mass is 406 g/mol. The molecule has 1 aromatic carbocycles. The molecule has 146 valence electrons. The molecular formula is C17H16ClFN6O3. The summed E-state index contributed by atoms with van der Waals surface area (Å²) in [6, 6.07) is 5.23. The fraction of sp³-hybridized carbons (Fsp3) is 0.235. The number of nitrogens with one attached hydrogen (secondary N) is 1. The summed E-state index contributed by atoms with van der Waals surface area (Å²) in [5, 5.41) is 21.9. The Morgan fingerprint density at radius 3 is 2.79 bits per heavy atom. The Morgan fingerprint density at radius 1 is 1.39 bits per heavy atom. The normalized spacial score (nSPS) is 12.0. The van der Waals surface area contributed by atoms with E-state index in [1.807, 2.05) is 0 Å². The summed E-state index contributed by atoms with van der Waals surface area (Å²) in [6.07, 6.45) is 2.71. The summed E-state index contributed by atoms with van der Waals surface area (Å²) >= 11 is 6.12. The van der Waals surface area contributed by atoms with Crippen LogP contribution in [0.3, 0.4) is 0 Å². The molecule has 3 aromatic rings. The van der Waals surface area contributed by atoms with Gasteiger partial charge < -0.3 is 5.32 Å². The maximum Gasteiger partial charge on any atom is 0.309 e. The van der Waals surface area contributed by atoms with Crippen molar-refractivity contribution >= 4 is 29.0 Å². The Labute approximate surface area is 163 Å². The van der Waals surface area contributed by atoms with Gasteiger partial charge >= 0.3 is 5.69 Å². The maximum absolute atomic E-state index is 13.3. The van der Waals surface area contributed by atoms with E-state index in [1.54, 1.807) is 19.1 Å². The molecule has 0 aliphatic rings. The average molecular weight is 407 g/mol. The first kappa shape index (κ1) is 19.5. The Hall–Kier alpha value is -3.27. The van der Waals surface area contributed by atoms with Crippen LogP contribution in [0.4, 0.5) is 15.9 Å². The standard InChI is InChI=1S/C17H16ClFN6O3/c1-10-15(25(27)28)9-24(21-10)11(2)17(26)20-16-14(18)8-23(22-16)7-12-4-3-5-13(19)6-12/h3-6,8-9,11H,7H2,1-2H3,(H,20,22,26). The highest BCUT2D eigenvalue weighted by atomic mass is 35.5. The number of rotatable bonds is 6. The van der Waals surface area contributed by atoms with Crippen LogP contribution in [0.15, 0.2) is 36.7 Å². The van der Waals surface area contributed by atoms with Gasteiger partial charge in [-0.15, -0.1) is 0 Å². The minimum atomic E-state index is -0.822. The van der Waals surface area contributed by atoms with E-state index < -0.39 is 16.9 Å². The molecule has 2 heterocycles. The van der Waals surface area contributed by atoms with Crippen LogP contribution in [-0.2, 0) is 11.3 Å². The number of aromatic nitrogens is 4. The van der Waals surface area contributed by atoms with Crippen LogP contribution in [0, 0.1) is 22.9 Å². The third kappa shape index (κ3) is 4.17. The molecule has 28 heavy (non-hydrogen) atoms. The van der Waals surface area contributed by atoms with Gasteiger partial charge in [-0.05, 0) is 31.5 Å². The second-order valence-electron chi connectivity index (χ2n) is 6.16. The maximum atomic E-state index is 13.3. The average Bonchev–Trinajstić information content (AvgIpc) is 3.17. The van der Waals surface area contributed by atoms with Crippen LogP contribution in [0.2, 0.25) is 5.02 Å². The number of hydrogen-bond acceptors (Lipinski definition) is 5. The minimum Gasteiger partial charge on any atom is -0.306 e. The van der Waals surface area contributed by atoms with Gasteiger partial charge in [-0.3, -0.25) is 24.3 Å².